The van der Waals surface area contributed by atoms with Crippen molar-refractivity contribution in [3.63, 3.8) is 0 Å². The van der Waals surface area contributed by atoms with Crippen LogP contribution in [-0.2, 0) is 4.79 Å². The standard InChI is InChI=1S/C14H11BrF2N2O2/c1-8(15)14(20)19-13-5-3-10(7-18-13)21-12-4-2-9(16)6-11(12)17/h2-8H,1H3,(H,18,19,20)/t8-/m1/s1. The molecule has 4 nitrogen and oxygen atoms in total. The molecule has 2 rings (SSSR count). The van der Waals surface area contributed by atoms with E-state index in [-0.39, 0.29) is 22.2 Å². The number of ether oxygens (including phenoxy) is 1. The minimum Gasteiger partial charge on any atom is -0.453 e. The van der Waals surface area contributed by atoms with Crippen LogP contribution in [-0.4, -0.2) is 15.7 Å². The van der Waals surface area contributed by atoms with Crippen LogP contribution in [0.3, 0.4) is 0 Å². The average Bonchev–Trinajstić information content (AvgIpc) is 2.43. The molecule has 0 saturated carbocycles. The number of hydrogen-bond donors (Lipinski definition) is 1. The zero-order valence-electron chi connectivity index (χ0n) is 10.9. The summed E-state index contributed by atoms with van der Waals surface area (Å²) in [7, 11) is 0. The van der Waals surface area contributed by atoms with E-state index in [9.17, 15) is 13.6 Å². The van der Waals surface area contributed by atoms with E-state index >= 15 is 0 Å². The summed E-state index contributed by atoms with van der Waals surface area (Å²) < 4.78 is 31.4. The quantitative estimate of drug-likeness (QED) is 0.846. The smallest absolute Gasteiger partial charge is 0.239 e. The molecular weight excluding hydrogens is 346 g/mol. The van der Waals surface area contributed by atoms with E-state index in [1.54, 1.807) is 6.92 Å². The molecular formula is C14H11BrF2N2O2. The first-order valence-electron chi connectivity index (χ1n) is 5.99. The van der Waals surface area contributed by atoms with Crippen LogP contribution in [0, 0.1) is 11.6 Å². The van der Waals surface area contributed by atoms with Gasteiger partial charge in [0.2, 0.25) is 5.91 Å². The fourth-order valence-electron chi connectivity index (χ4n) is 1.43. The van der Waals surface area contributed by atoms with E-state index in [2.05, 4.69) is 26.2 Å². The van der Waals surface area contributed by atoms with Gasteiger partial charge in [-0.3, -0.25) is 4.79 Å². The molecule has 2 aromatic rings. The second-order valence-electron chi connectivity index (χ2n) is 4.16. The van der Waals surface area contributed by atoms with Gasteiger partial charge in [-0.05, 0) is 31.2 Å². The summed E-state index contributed by atoms with van der Waals surface area (Å²) >= 11 is 3.13. The Bertz CT molecular complexity index is 648. The van der Waals surface area contributed by atoms with Crippen molar-refractivity contribution in [2.75, 3.05) is 5.32 Å². The third-order valence-electron chi connectivity index (χ3n) is 2.47. The first-order valence-corrected chi connectivity index (χ1v) is 6.91. The summed E-state index contributed by atoms with van der Waals surface area (Å²) in [6, 6.07) is 6.05. The molecule has 0 saturated heterocycles. The van der Waals surface area contributed by atoms with Gasteiger partial charge in [-0.1, -0.05) is 15.9 Å². The number of aromatic nitrogens is 1. The average molecular weight is 357 g/mol. The topological polar surface area (TPSA) is 51.2 Å². The zero-order chi connectivity index (χ0) is 15.4. The Hall–Kier alpha value is -2.02. The molecule has 1 heterocycles. The van der Waals surface area contributed by atoms with Crippen molar-refractivity contribution in [1.29, 1.82) is 0 Å². The van der Waals surface area contributed by atoms with Crippen LogP contribution >= 0.6 is 15.9 Å². The van der Waals surface area contributed by atoms with Gasteiger partial charge in [0.05, 0.1) is 11.0 Å². The number of rotatable bonds is 4. The second-order valence-corrected chi connectivity index (χ2v) is 5.53. The zero-order valence-corrected chi connectivity index (χ0v) is 12.5. The molecule has 1 aromatic heterocycles. The molecule has 1 aromatic carbocycles. The van der Waals surface area contributed by atoms with Gasteiger partial charge in [-0.2, -0.15) is 0 Å². The lowest BCUT2D eigenvalue weighted by Crippen LogP contribution is -2.20. The van der Waals surface area contributed by atoms with Crippen molar-refractivity contribution >= 4 is 27.7 Å². The number of halogens is 3. The van der Waals surface area contributed by atoms with E-state index in [0.29, 0.717) is 5.82 Å². The van der Waals surface area contributed by atoms with Crippen molar-refractivity contribution in [3.8, 4) is 11.5 Å². The first-order chi connectivity index (χ1) is 9.95. The highest BCUT2D eigenvalue weighted by Crippen LogP contribution is 2.25. The summed E-state index contributed by atoms with van der Waals surface area (Å²) in [5.41, 5.74) is 0. The lowest BCUT2D eigenvalue weighted by atomic mass is 10.3. The normalized spacial score (nSPS) is 11.8. The highest BCUT2D eigenvalue weighted by molar-refractivity contribution is 9.10. The Labute approximate surface area is 128 Å². The molecule has 1 amide bonds. The largest absolute Gasteiger partial charge is 0.453 e. The van der Waals surface area contributed by atoms with Crippen LogP contribution in [0.1, 0.15) is 6.92 Å². The van der Waals surface area contributed by atoms with E-state index < -0.39 is 11.6 Å². The molecule has 1 N–H and O–H groups in total. The van der Waals surface area contributed by atoms with Gasteiger partial charge in [0.15, 0.2) is 11.6 Å². The molecule has 0 aliphatic carbocycles. The van der Waals surface area contributed by atoms with Crippen LogP contribution in [0.25, 0.3) is 0 Å². The Morgan fingerprint density at radius 3 is 2.67 bits per heavy atom. The fourth-order valence-corrected chi connectivity index (χ4v) is 1.54. The number of nitrogens with zero attached hydrogens (tertiary/aromatic N) is 1. The molecule has 0 radical (unpaired) electrons. The van der Waals surface area contributed by atoms with Crippen molar-refractivity contribution in [2.24, 2.45) is 0 Å². The van der Waals surface area contributed by atoms with Crippen LogP contribution in [0.5, 0.6) is 11.5 Å². The minimum absolute atomic E-state index is 0.107. The lowest BCUT2D eigenvalue weighted by Gasteiger charge is -2.08. The molecule has 0 aliphatic rings. The molecule has 0 bridgehead atoms. The first kappa shape index (κ1) is 15.4. The summed E-state index contributed by atoms with van der Waals surface area (Å²) in [6.07, 6.45) is 1.33. The summed E-state index contributed by atoms with van der Waals surface area (Å²) in [5, 5.41) is 2.58. The van der Waals surface area contributed by atoms with E-state index in [4.69, 9.17) is 4.74 Å². The number of carbonyl (C=O) groups excluding carboxylic acids is 1. The molecule has 0 aliphatic heterocycles. The Morgan fingerprint density at radius 1 is 1.33 bits per heavy atom. The van der Waals surface area contributed by atoms with E-state index in [1.807, 2.05) is 0 Å². The van der Waals surface area contributed by atoms with Gasteiger partial charge in [-0.25, -0.2) is 13.8 Å². The number of benzene rings is 1. The maximum Gasteiger partial charge on any atom is 0.239 e. The highest BCUT2D eigenvalue weighted by atomic mass is 79.9. The second kappa shape index (κ2) is 6.62. The maximum absolute atomic E-state index is 13.4. The number of amides is 1. The number of anilines is 1. The number of alkyl halides is 1. The molecule has 7 heteroatoms. The van der Waals surface area contributed by atoms with Crippen molar-refractivity contribution < 1.29 is 18.3 Å². The minimum atomic E-state index is -0.805. The molecule has 0 unspecified atom stereocenters. The van der Waals surface area contributed by atoms with Gasteiger partial charge in [0.1, 0.15) is 17.4 Å². The maximum atomic E-state index is 13.4. The highest BCUT2D eigenvalue weighted by Gasteiger charge is 2.10. The molecule has 0 spiro atoms. The van der Waals surface area contributed by atoms with Crippen LogP contribution in [0.2, 0.25) is 0 Å². The van der Waals surface area contributed by atoms with Gasteiger partial charge >= 0.3 is 0 Å². The van der Waals surface area contributed by atoms with E-state index in [0.717, 1.165) is 12.1 Å². The summed E-state index contributed by atoms with van der Waals surface area (Å²) in [6.45, 7) is 1.68. The molecule has 1 atom stereocenters. The third kappa shape index (κ3) is 4.22. The predicted octanol–water partition coefficient (Wildman–Crippen LogP) is 3.87. The molecule has 110 valence electrons. The summed E-state index contributed by atoms with van der Waals surface area (Å²) in [5.74, 6) is -1.21. The number of pyridine rings is 1. The predicted molar refractivity (Wildman–Crippen MR) is 77.7 cm³/mol. The van der Waals surface area contributed by atoms with Crippen molar-refractivity contribution in [2.45, 2.75) is 11.8 Å². The molecule has 0 fully saturated rings. The third-order valence-corrected chi connectivity index (χ3v) is 2.89. The van der Waals surface area contributed by atoms with Crippen LogP contribution in [0.4, 0.5) is 14.6 Å². The Kier molecular flexibility index (Phi) is 4.85. The SMILES string of the molecule is C[C@@H](Br)C(=O)Nc1ccc(Oc2ccc(F)cc2F)cn1. The van der Waals surface area contributed by atoms with Gasteiger partial charge in [-0.15, -0.1) is 0 Å². The van der Waals surface area contributed by atoms with Crippen molar-refractivity contribution in [3.05, 3.63) is 48.2 Å². The van der Waals surface area contributed by atoms with Crippen molar-refractivity contribution in [1.82, 2.24) is 4.98 Å². The van der Waals surface area contributed by atoms with Gasteiger partial charge in [0.25, 0.3) is 0 Å². The van der Waals surface area contributed by atoms with Crippen LogP contribution < -0.4 is 10.1 Å². The van der Waals surface area contributed by atoms with E-state index in [1.165, 1.54) is 24.4 Å². The van der Waals surface area contributed by atoms with Gasteiger partial charge in [0, 0.05) is 6.07 Å². The number of hydrogen-bond acceptors (Lipinski definition) is 3. The van der Waals surface area contributed by atoms with Gasteiger partial charge < -0.3 is 10.1 Å². The molecule has 21 heavy (non-hydrogen) atoms. The lowest BCUT2D eigenvalue weighted by molar-refractivity contribution is -0.115. The van der Waals surface area contributed by atoms with Crippen LogP contribution in [0.15, 0.2) is 36.5 Å². The number of carbonyl (C=O) groups is 1. The monoisotopic (exact) mass is 356 g/mol. The number of nitrogens with one attached hydrogen (secondary N) is 1. The fraction of sp³-hybridized carbons (Fsp3) is 0.143. The Morgan fingerprint density at radius 2 is 2.10 bits per heavy atom. The summed E-state index contributed by atoms with van der Waals surface area (Å²) in [4.78, 5) is 15.1. The Balaban J connectivity index is 2.07.